The minimum absolute atomic E-state index is 0.0930. The van der Waals surface area contributed by atoms with E-state index < -0.39 is 11.5 Å². The van der Waals surface area contributed by atoms with E-state index in [9.17, 15) is 14.7 Å². The first-order valence-electron chi connectivity index (χ1n) is 10.8. The highest BCUT2D eigenvalue weighted by Gasteiger charge is 2.35. The third kappa shape index (κ3) is 4.11. The summed E-state index contributed by atoms with van der Waals surface area (Å²) < 4.78 is 6.24. The number of carbonyl (C=O) groups excluding carboxylic acids is 1. The Morgan fingerprint density at radius 1 is 1.28 bits per heavy atom. The van der Waals surface area contributed by atoms with Crippen molar-refractivity contribution in [3.8, 4) is 0 Å². The summed E-state index contributed by atoms with van der Waals surface area (Å²) in [6.45, 7) is 9.52. The maximum atomic E-state index is 12.7. The number of carbonyl (C=O) groups is 2. The molecule has 0 radical (unpaired) electrons. The molecule has 0 aliphatic carbocycles. The van der Waals surface area contributed by atoms with Gasteiger partial charge in [-0.25, -0.2) is 4.79 Å². The Labute approximate surface area is 192 Å². The number of halogens is 1. The van der Waals surface area contributed by atoms with Gasteiger partial charge in [-0.05, 0) is 24.6 Å². The molecule has 4 rings (SSSR count). The van der Waals surface area contributed by atoms with E-state index in [1.807, 2.05) is 46.0 Å². The van der Waals surface area contributed by atoms with Crippen LogP contribution in [0.2, 0.25) is 5.02 Å². The molecule has 32 heavy (non-hydrogen) atoms. The van der Waals surface area contributed by atoms with Crippen LogP contribution in [0, 0.1) is 5.41 Å². The van der Waals surface area contributed by atoms with Crippen molar-refractivity contribution in [2.45, 2.75) is 46.7 Å². The molecule has 1 atom stereocenters. The van der Waals surface area contributed by atoms with Crippen molar-refractivity contribution in [3.05, 3.63) is 40.7 Å². The van der Waals surface area contributed by atoms with Gasteiger partial charge in [-0.15, -0.1) is 0 Å². The quantitative estimate of drug-likeness (QED) is 0.707. The maximum absolute atomic E-state index is 12.7. The zero-order chi connectivity index (χ0) is 23.2. The number of piperazine rings is 1. The molecule has 0 spiro atoms. The lowest BCUT2D eigenvalue weighted by Crippen LogP contribution is -2.54. The van der Waals surface area contributed by atoms with E-state index in [0.29, 0.717) is 37.6 Å². The molecule has 1 unspecified atom stereocenters. The third-order valence-corrected chi connectivity index (χ3v) is 6.29. The first-order chi connectivity index (χ1) is 15.1. The van der Waals surface area contributed by atoms with E-state index in [2.05, 4.69) is 10.3 Å². The Hall–Kier alpha value is -2.87. The Morgan fingerprint density at radius 2 is 2.03 bits per heavy atom. The molecule has 1 aromatic carbocycles. The smallest absolute Gasteiger partial charge is 0.407 e. The largest absolute Gasteiger partial charge is 0.465 e. The van der Waals surface area contributed by atoms with Gasteiger partial charge in [-0.2, -0.15) is 0 Å². The van der Waals surface area contributed by atoms with Crippen molar-refractivity contribution in [1.82, 2.24) is 20.2 Å². The molecule has 1 aromatic heterocycles. The standard InChI is InChI=1S/C23H29ClN4O4/c1-5-15-11-26(8-9-28(15)22(30)31)18-13-27(25-21(29)23(2,3)4)12-17-16-10-14(24)6-7-19(16)32-20(17)18/h6-7,10,13,15H,5,8-9,11-12H2,1-4H3,(H,25,29)(H,30,31). The van der Waals surface area contributed by atoms with Gasteiger partial charge in [0.2, 0.25) is 5.91 Å². The van der Waals surface area contributed by atoms with Crippen LogP contribution >= 0.6 is 11.6 Å². The van der Waals surface area contributed by atoms with Crippen LogP contribution in [-0.4, -0.2) is 57.6 Å². The van der Waals surface area contributed by atoms with Crippen LogP contribution in [0.3, 0.4) is 0 Å². The van der Waals surface area contributed by atoms with Crippen molar-refractivity contribution < 1.29 is 19.1 Å². The Kier molecular flexibility index (Phi) is 5.75. The van der Waals surface area contributed by atoms with Gasteiger partial charge in [0, 0.05) is 47.2 Å². The van der Waals surface area contributed by atoms with Gasteiger partial charge < -0.3 is 19.3 Å². The number of hydrogen-bond acceptors (Lipinski definition) is 5. The average Bonchev–Trinajstić information content (AvgIpc) is 3.09. The molecule has 2 aliphatic heterocycles. The molecule has 0 bridgehead atoms. The van der Waals surface area contributed by atoms with Gasteiger partial charge in [-0.3, -0.25) is 15.2 Å². The minimum Gasteiger partial charge on any atom is -0.465 e. The normalized spacial score (nSPS) is 19.1. The van der Waals surface area contributed by atoms with Gasteiger partial charge in [-0.1, -0.05) is 39.3 Å². The summed E-state index contributed by atoms with van der Waals surface area (Å²) >= 11 is 6.26. The number of benzene rings is 1. The Bertz CT molecular complexity index is 1090. The highest BCUT2D eigenvalue weighted by Crippen LogP contribution is 2.38. The molecule has 3 heterocycles. The Balaban J connectivity index is 1.73. The minimum atomic E-state index is -0.896. The maximum Gasteiger partial charge on any atom is 0.407 e. The van der Waals surface area contributed by atoms with Crippen molar-refractivity contribution in [1.29, 1.82) is 0 Å². The van der Waals surface area contributed by atoms with Crippen LogP contribution in [-0.2, 0) is 11.3 Å². The number of hydrazine groups is 1. The van der Waals surface area contributed by atoms with Gasteiger partial charge in [0.25, 0.3) is 0 Å². The summed E-state index contributed by atoms with van der Waals surface area (Å²) in [7, 11) is 0. The van der Waals surface area contributed by atoms with Crippen molar-refractivity contribution in [2.24, 2.45) is 5.41 Å². The number of fused-ring (bicyclic) bond motifs is 3. The van der Waals surface area contributed by atoms with E-state index in [0.717, 1.165) is 28.0 Å². The monoisotopic (exact) mass is 460 g/mol. The predicted octanol–water partition coefficient (Wildman–Crippen LogP) is 4.35. The van der Waals surface area contributed by atoms with Gasteiger partial charge >= 0.3 is 6.09 Å². The second-order valence-corrected chi connectivity index (χ2v) is 9.80. The lowest BCUT2D eigenvalue weighted by atomic mass is 9.96. The molecule has 2 aromatic rings. The SMILES string of the molecule is CCC1CN(C2=CN(NC(=O)C(C)(C)C)Cc3c2oc2ccc(Cl)cc32)CCN1C(=O)O. The second-order valence-electron chi connectivity index (χ2n) is 9.37. The van der Waals surface area contributed by atoms with Crippen LogP contribution in [0.15, 0.2) is 28.8 Å². The number of furan rings is 1. The molecule has 2 amide bonds. The number of rotatable bonds is 3. The molecule has 2 aliphatic rings. The van der Waals surface area contributed by atoms with Gasteiger partial charge in [0.1, 0.15) is 5.58 Å². The number of carboxylic acid groups (broad SMARTS) is 1. The third-order valence-electron chi connectivity index (χ3n) is 6.06. The van der Waals surface area contributed by atoms with E-state index in [1.165, 1.54) is 4.90 Å². The molecular weight excluding hydrogens is 432 g/mol. The van der Waals surface area contributed by atoms with Crippen LogP contribution in [0.5, 0.6) is 0 Å². The summed E-state index contributed by atoms with van der Waals surface area (Å²) in [5.74, 6) is 0.645. The summed E-state index contributed by atoms with van der Waals surface area (Å²) in [6.07, 6.45) is 1.70. The summed E-state index contributed by atoms with van der Waals surface area (Å²) in [5.41, 5.74) is 4.96. The number of hydrogen-bond donors (Lipinski definition) is 2. The predicted molar refractivity (Wildman–Crippen MR) is 123 cm³/mol. The van der Waals surface area contributed by atoms with Crippen molar-refractivity contribution >= 4 is 40.3 Å². The lowest BCUT2D eigenvalue weighted by Gasteiger charge is -2.42. The molecule has 8 nitrogen and oxygen atoms in total. The molecule has 2 N–H and O–H groups in total. The van der Waals surface area contributed by atoms with Crippen LogP contribution in [0.4, 0.5) is 4.79 Å². The fraction of sp³-hybridized carbons (Fsp3) is 0.478. The highest BCUT2D eigenvalue weighted by atomic mass is 35.5. The summed E-state index contributed by atoms with van der Waals surface area (Å²) in [4.78, 5) is 28.0. The average molecular weight is 461 g/mol. The summed E-state index contributed by atoms with van der Waals surface area (Å²) in [6, 6.07) is 5.40. The second kappa shape index (κ2) is 8.24. The first kappa shape index (κ1) is 22.3. The van der Waals surface area contributed by atoms with Crippen molar-refractivity contribution in [2.75, 3.05) is 19.6 Å². The topological polar surface area (TPSA) is 89.3 Å². The van der Waals surface area contributed by atoms with Crippen LogP contribution in [0.1, 0.15) is 45.4 Å². The van der Waals surface area contributed by atoms with E-state index in [4.69, 9.17) is 16.0 Å². The zero-order valence-electron chi connectivity index (χ0n) is 18.8. The lowest BCUT2D eigenvalue weighted by molar-refractivity contribution is -0.132. The van der Waals surface area contributed by atoms with E-state index in [1.54, 1.807) is 11.1 Å². The number of nitrogens with zero attached hydrogens (tertiary/aromatic N) is 3. The zero-order valence-corrected chi connectivity index (χ0v) is 19.6. The summed E-state index contributed by atoms with van der Waals surface area (Å²) in [5, 5.41) is 12.8. The van der Waals surface area contributed by atoms with E-state index in [-0.39, 0.29) is 11.9 Å². The number of nitrogens with one attached hydrogen (secondary N) is 1. The molecule has 172 valence electrons. The van der Waals surface area contributed by atoms with Gasteiger partial charge in [0.05, 0.1) is 18.3 Å². The molecular formula is C23H29ClN4O4. The van der Waals surface area contributed by atoms with Crippen molar-refractivity contribution in [3.63, 3.8) is 0 Å². The first-order valence-corrected chi connectivity index (χ1v) is 11.2. The van der Waals surface area contributed by atoms with Gasteiger partial charge in [0.15, 0.2) is 5.76 Å². The Morgan fingerprint density at radius 3 is 2.69 bits per heavy atom. The van der Waals surface area contributed by atoms with Crippen LogP contribution in [0.25, 0.3) is 16.7 Å². The fourth-order valence-electron chi connectivity index (χ4n) is 4.18. The van der Waals surface area contributed by atoms with Crippen LogP contribution < -0.4 is 5.43 Å². The fourth-order valence-corrected chi connectivity index (χ4v) is 4.35. The number of amides is 2. The molecule has 1 saturated heterocycles. The molecule has 0 saturated carbocycles. The highest BCUT2D eigenvalue weighted by molar-refractivity contribution is 6.31. The molecule has 9 heteroatoms. The van der Waals surface area contributed by atoms with E-state index >= 15 is 0 Å². The molecule has 1 fully saturated rings.